The van der Waals surface area contributed by atoms with Crippen LogP contribution in [-0.4, -0.2) is 15.0 Å². The Morgan fingerprint density at radius 3 is 1.55 bits per heavy atom. The minimum absolute atomic E-state index is 0.620. The highest BCUT2D eigenvalue weighted by Crippen LogP contribution is 2.64. The van der Waals surface area contributed by atoms with Crippen LogP contribution in [0.2, 0.25) is 0 Å². The first-order valence-electron chi connectivity index (χ1n) is 16.4. The van der Waals surface area contributed by atoms with Gasteiger partial charge in [0.15, 0.2) is 17.5 Å². The molecule has 1 aromatic heterocycles. The first kappa shape index (κ1) is 27.4. The van der Waals surface area contributed by atoms with Gasteiger partial charge in [0.2, 0.25) is 0 Å². The summed E-state index contributed by atoms with van der Waals surface area (Å²) in [5.74, 6) is 1.87. The van der Waals surface area contributed by atoms with E-state index in [1.807, 2.05) is 66.7 Å². The second kappa shape index (κ2) is 10.4. The molecule has 8 aromatic rings. The van der Waals surface area contributed by atoms with E-state index in [4.69, 9.17) is 15.0 Å². The summed E-state index contributed by atoms with van der Waals surface area (Å²) in [5.41, 5.74) is 12.3. The molecule has 0 bridgehead atoms. The first-order valence-corrected chi connectivity index (χ1v) is 16.4. The normalized spacial score (nSPS) is 13.0. The predicted molar refractivity (Wildman–Crippen MR) is 195 cm³/mol. The van der Waals surface area contributed by atoms with Gasteiger partial charge >= 0.3 is 0 Å². The minimum atomic E-state index is -0.624. The summed E-state index contributed by atoms with van der Waals surface area (Å²) in [6.07, 6.45) is 0. The molecule has 0 saturated heterocycles. The SMILES string of the molecule is N#Cc1ccc2c(c1)C1(c3ccccc3-c3ccccc31)c1cc(-c3nc(-c4ccccc4)nc(-c4ccccc4)n3)c3ccccc3c1-2. The number of aromatic nitrogens is 3. The molecule has 226 valence electrons. The number of nitriles is 1. The molecule has 0 radical (unpaired) electrons. The summed E-state index contributed by atoms with van der Waals surface area (Å²) in [6.45, 7) is 0. The first-order chi connectivity index (χ1) is 24.3. The van der Waals surface area contributed by atoms with Crippen molar-refractivity contribution >= 4 is 10.8 Å². The van der Waals surface area contributed by atoms with Gasteiger partial charge in [-0.1, -0.05) is 140 Å². The average molecular weight is 623 g/mol. The predicted octanol–water partition coefficient (Wildman–Crippen LogP) is 10.2. The average Bonchev–Trinajstić information content (AvgIpc) is 3.65. The van der Waals surface area contributed by atoms with Crippen LogP contribution in [0.5, 0.6) is 0 Å². The Morgan fingerprint density at radius 1 is 0.408 bits per heavy atom. The van der Waals surface area contributed by atoms with Crippen LogP contribution in [0.25, 0.3) is 67.2 Å². The Hall–Kier alpha value is -6.70. The molecule has 2 aliphatic rings. The van der Waals surface area contributed by atoms with Crippen molar-refractivity contribution in [3.8, 4) is 62.5 Å². The van der Waals surface area contributed by atoms with E-state index in [0.29, 0.717) is 23.0 Å². The van der Waals surface area contributed by atoms with E-state index in [1.54, 1.807) is 0 Å². The van der Waals surface area contributed by atoms with Crippen LogP contribution in [-0.2, 0) is 5.41 Å². The number of rotatable bonds is 3. The van der Waals surface area contributed by atoms with Gasteiger partial charge in [-0.2, -0.15) is 5.26 Å². The van der Waals surface area contributed by atoms with Crippen molar-refractivity contribution in [3.63, 3.8) is 0 Å². The number of hydrogen-bond donors (Lipinski definition) is 0. The summed E-state index contributed by atoms with van der Waals surface area (Å²) in [7, 11) is 0. The van der Waals surface area contributed by atoms with Gasteiger partial charge in [-0.15, -0.1) is 0 Å². The molecular formula is C45H26N4. The zero-order valence-electron chi connectivity index (χ0n) is 26.3. The number of fused-ring (bicyclic) bond motifs is 12. The molecule has 4 heteroatoms. The van der Waals surface area contributed by atoms with Crippen LogP contribution < -0.4 is 0 Å². The Bertz CT molecular complexity index is 2570. The molecule has 4 nitrogen and oxygen atoms in total. The van der Waals surface area contributed by atoms with E-state index in [2.05, 4.69) is 97.1 Å². The van der Waals surface area contributed by atoms with Crippen LogP contribution >= 0.6 is 0 Å². The van der Waals surface area contributed by atoms with E-state index in [0.717, 1.165) is 38.6 Å². The Balaban J connectivity index is 1.35. The van der Waals surface area contributed by atoms with Crippen LogP contribution in [0.4, 0.5) is 0 Å². The Morgan fingerprint density at radius 2 is 0.939 bits per heavy atom. The maximum atomic E-state index is 10.1. The van der Waals surface area contributed by atoms with Gasteiger partial charge in [-0.05, 0) is 73.5 Å². The lowest BCUT2D eigenvalue weighted by molar-refractivity contribution is 0.794. The molecule has 49 heavy (non-hydrogen) atoms. The molecule has 0 amide bonds. The lowest BCUT2D eigenvalue weighted by Crippen LogP contribution is -2.26. The van der Waals surface area contributed by atoms with Gasteiger partial charge in [0.25, 0.3) is 0 Å². The van der Waals surface area contributed by atoms with Crippen molar-refractivity contribution < 1.29 is 0 Å². The molecule has 7 aromatic carbocycles. The van der Waals surface area contributed by atoms with Crippen molar-refractivity contribution in [1.29, 1.82) is 5.26 Å². The third kappa shape index (κ3) is 3.82. The van der Waals surface area contributed by atoms with Gasteiger partial charge < -0.3 is 0 Å². The van der Waals surface area contributed by atoms with Crippen molar-refractivity contribution in [2.45, 2.75) is 5.41 Å². The van der Waals surface area contributed by atoms with E-state index in [9.17, 15) is 5.26 Å². The molecule has 0 N–H and O–H groups in total. The van der Waals surface area contributed by atoms with Crippen molar-refractivity contribution in [2.75, 3.05) is 0 Å². The van der Waals surface area contributed by atoms with Gasteiger partial charge in [0, 0.05) is 16.7 Å². The molecular weight excluding hydrogens is 597 g/mol. The molecule has 1 heterocycles. The van der Waals surface area contributed by atoms with Gasteiger partial charge in [-0.25, -0.2) is 15.0 Å². The fourth-order valence-electron chi connectivity index (χ4n) is 8.18. The number of hydrogen-bond acceptors (Lipinski definition) is 4. The van der Waals surface area contributed by atoms with Gasteiger partial charge in [0.05, 0.1) is 17.0 Å². The molecule has 0 aliphatic heterocycles. The van der Waals surface area contributed by atoms with Gasteiger partial charge in [0.1, 0.15) is 0 Å². The zero-order chi connectivity index (χ0) is 32.5. The highest BCUT2D eigenvalue weighted by Gasteiger charge is 2.52. The summed E-state index contributed by atoms with van der Waals surface area (Å²) < 4.78 is 0. The smallest absolute Gasteiger partial charge is 0.164 e. The lowest BCUT2D eigenvalue weighted by Gasteiger charge is -2.31. The van der Waals surface area contributed by atoms with Crippen molar-refractivity contribution in [3.05, 3.63) is 186 Å². The fourth-order valence-corrected chi connectivity index (χ4v) is 8.18. The maximum Gasteiger partial charge on any atom is 0.164 e. The van der Waals surface area contributed by atoms with Crippen LogP contribution in [0.3, 0.4) is 0 Å². The third-order valence-corrected chi connectivity index (χ3v) is 10.2. The molecule has 0 saturated carbocycles. The summed E-state index contributed by atoms with van der Waals surface area (Å²) in [6, 6.07) is 57.2. The second-order valence-electron chi connectivity index (χ2n) is 12.6. The molecule has 0 fully saturated rings. The summed E-state index contributed by atoms with van der Waals surface area (Å²) >= 11 is 0. The van der Waals surface area contributed by atoms with Crippen molar-refractivity contribution in [1.82, 2.24) is 15.0 Å². The largest absolute Gasteiger partial charge is 0.208 e. The fraction of sp³-hybridized carbons (Fsp3) is 0.0222. The standard InChI is InChI=1S/C45H26N4/c46-27-28-23-24-35-39(25-28)45(37-21-11-9-18-32(37)33-19-10-12-22-38(33)45)40-26-36(31-17-7-8-20-34(31)41(35)40)44-48-42(29-13-3-1-4-14-29)47-43(49-44)30-15-5-2-6-16-30/h1-26H. The van der Waals surface area contributed by atoms with E-state index in [1.165, 1.54) is 33.4 Å². The van der Waals surface area contributed by atoms with E-state index in [-0.39, 0.29) is 0 Å². The van der Waals surface area contributed by atoms with Crippen molar-refractivity contribution in [2.24, 2.45) is 0 Å². The second-order valence-corrected chi connectivity index (χ2v) is 12.6. The number of benzene rings is 7. The van der Waals surface area contributed by atoms with E-state index < -0.39 is 5.41 Å². The Labute approximate surface area is 283 Å². The number of nitrogens with zero attached hydrogens (tertiary/aromatic N) is 4. The summed E-state index contributed by atoms with van der Waals surface area (Å²) in [4.78, 5) is 15.4. The molecule has 2 aliphatic carbocycles. The third-order valence-electron chi connectivity index (χ3n) is 10.2. The molecule has 0 atom stereocenters. The molecule has 10 rings (SSSR count). The molecule has 0 unspecified atom stereocenters. The molecule has 1 spiro atoms. The van der Waals surface area contributed by atoms with E-state index >= 15 is 0 Å². The monoisotopic (exact) mass is 622 g/mol. The summed E-state index contributed by atoms with van der Waals surface area (Å²) in [5, 5.41) is 12.3. The van der Waals surface area contributed by atoms with Gasteiger partial charge in [-0.3, -0.25) is 0 Å². The zero-order valence-corrected chi connectivity index (χ0v) is 26.3. The highest BCUT2D eigenvalue weighted by atomic mass is 15.0. The topological polar surface area (TPSA) is 62.5 Å². The van der Waals surface area contributed by atoms with Crippen LogP contribution in [0.1, 0.15) is 27.8 Å². The lowest BCUT2D eigenvalue weighted by atomic mass is 9.70. The Kier molecular flexibility index (Phi) is 5.82. The highest BCUT2D eigenvalue weighted by molar-refractivity contribution is 6.10. The quantitative estimate of drug-likeness (QED) is 0.197. The minimum Gasteiger partial charge on any atom is -0.208 e. The van der Waals surface area contributed by atoms with Crippen LogP contribution in [0, 0.1) is 11.3 Å². The van der Waals surface area contributed by atoms with Crippen LogP contribution in [0.15, 0.2) is 158 Å². The maximum absolute atomic E-state index is 10.1.